The standard InChI is InChI=1S/C28H26N4O8S2/c1-40-19-13-15(5-10-18(19)33)21-22-23(26(36)31(25(22)35)16-6-8-17(9-7-16)32(38)39)41-27-24(21)42-28(37)30(27)14-20(34)29-11-3-2-4-12-29/h5-10,13,21-23,33H,2-4,11-12,14H2,1H3/t21-,22?,23?/m0/s1. The summed E-state index contributed by atoms with van der Waals surface area (Å²) < 4.78 is 6.70. The summed E-state index contributed by atoms with van der Waals surface area (Å²) in [5, 5.41) is 20.9. The number of rotatable bonds is 6. The summed E-state index contributed by atoms with van der Waals surface area (Å²) in [6.07, 6.45) is 2.86. The van der Waals surface area contributed by atoms with Gasteiger partial charge in [-0.1, -0.05) is 29.2 Å². The van der Waals surface area contributed by atoms with Crippen molar-refractivity contribution in [1.82, 2.24) is 9.47 Å². The monoisotopic (exact) mass is 610 g/mol. The Morgan fingerprint density at radius 3 is 2.45 bits per heavy atom. The highest BCUT2D eigenvalue weighted by atomic mass is 32.2. The molecule has 2 unspecified atom stereocenters. The van der Waals surface area contributed by atoms with Gasteiger partial charge in [0.15, 0.2) is 11.5 Å². The first-order chi connectivity index (χ1) is 20.2. The number of thioether (sulfide) groups is 1. The first kappa shape index (κ1) is 28.0. The molecule has 218 valence electrons. The molecule has 6 rings (SSSR count). The van der Waals surface area contributed by atoms with Crippen molar-refractivity contribution in [2.24, 2.45) is 5.92 Å². The molecule has 2 fully saturated rings. The van der Waals surface area contributed by atoms with Crippen LogP contribution in [0.5, 0.6) is 11.5 Å². The number of phenolic OH excluding ortho intramolecular Hbond substituents is 1. The van der Waals surface area contributed by atoms with Crippen LogP contribution >= 0.6 is 23.1 Å². The van der Waals surface area contributed by atoms with Gasteiger partial charge in [0.25, 0.3) is 5.69 Å². The fourth-order valence-electron chi connectivity index (χ4n) is 5.86. The molecule has 3 amide bonds. The molecular weight excluding hydrogens is 584 g/mol. The fraction of sp³-hybridized carbons (Fsp3) is 0.357. The number of hydrogen-bond acceptors (Lipinski definition) is 10. The van der Waals surface area contributed by atoms with E-state index in [1.165, 1.54) is 42.0 Å². The zero-order valence-corrected chi connectivity index (χ0v) is 24.1. The molecule has 3 aromatic rings. The number of benzene rings is 2. The molecule has 42 heavy (non-hydrogen) atoms. The summed E-state index contributed by atoms with van der Waals surface area (Å²) in [7, 11) is 1.39. The molecule has 0 saturated carbocycles. The number of piperidine rings is 1. The number of non-ortho nitro benzene ring substituents is 1. The van der Waals surface area contributed by atoms with Crippen LogP contribution in [0.25, 0.3) is 0 Å². The van der Waals surface area contributed by atoms with Crippen LogP contribution in [-0.4, -0.2) is 62.7 Å². The van der Waals surface area contributed by atoms with Crippen molar-refractivity contribution < 1.29 is 29.2 Å². The van der Waals surface area contributed by atoms with Crippen molar-refractivity contribution in [1.29, 1.82) is 0 Å². The largest absolute Gasteiger partial charge is 0.504 e. The lowest BCUT2D eigenvalue weighted by Gasteiger charge is -2.31. The van der Waals surface area contributed by atoms with Gasteiger partial charge in [-0.15, -0.1) is 0 Å². The van der Waals surface area contributed by atoms with Crippen molar-refractivity contribution in [3.63, 3.8) is 0 Å². The predicted molar refractivity (Wildman–Crippen MR) is 154 cm³/mol. The second-order valence-corrected chi connectivity index (χ2v) is 12.4. The number of aromatic hydroxyl groups is 1. The Morgan fingerprint density at radius 1 is 1.07 bits per heavy atom. The Kier molecular flexibility index (Phi) is 7.27. The maximum absolute atomic E-state index is 14.0. The summed E-state index contributed by atoms with van der Waals surface area (Å²) in [6.45, 7) is 1.09. The van der Waals surface area contributed by atoms with E-state index in [-0.39, 0.29) is 40.2 Å². The normalized spacial score (nSPS) is 21.7. The number of aromatic nitrogens is 1. The topological polar surface area (TPSA) is 152 Å². The molecule has 4 heterocycles. The molecular formula is C28H26N4O8S2. The van der Waals surface area contributed by atoms with Crippen LogP contribution in [0.3, 0.4) is 0 Å². The van der Waals surface area contributed by atoms with Gasteiger partial charge in [0.1, 0.15) is 11.8 Å². The number of methoxy groups -OCH3 is 1. The number of carbonyl (C=O) groups is 3. The molecule has 0 spiro atoms. The quantitative estimate of drug-likeness (QED) is 0.252. The van der Waals surface area contributed by atoms with Crippen molar-refractivity contribution >= 4 is 52.2 Å². The number of anilines is 1. The summed E-state index contributed by atoms with van der Waals surface area (Å²) in [6, 6.07) is 9.81. The van der Waals surface area contributed by atoms with Gasteiger partial charge in [-0.25, -0.2) is 4.90 Å². The molecule has 12 nitrogen and oxygen atoms in total. The van der Waals surface area contributed by atoms with Crippen LogP contribution in [0, 0.1) is 16.0 Å². The Morgan fingerprint density at radius 2 is 1.79 bits per heavy atom. The number of carbonyl (C=O) groups excluding carboxylic acids is 3. The highest BCUT2D eigenvalue weighted by Gasteiger charge is 2.57. The van der Waals surface area contributed by atoms with Crippen molar-refractivity contribution in [3.8, 4) is 11.5 Å². The first-order valence-electron chi connectivity index (χ1n) is 13.4. The zero-order chi connectivity index (χ0) is 29.7. The number of likely N-dealkylation sites (tertiary alicyclic amines) is 1. The number of nitro benzene ring substituents is 1. The number of hydrogen-bond donors (Lipinski definition) is 1. The van der Waals surface area contributed by atoms with Gasteiger partial charge in [0.05, 0.1) is 28.7 Å². The number of fused-ring (bicyclic) bond motifs is 2. The van der Waals surface area contributed by atoms with E-state index in [0.717, 1.165) is 47.3 Å². The number of nitro groups is 1. The van der Waals surface area contributed by atoms with Crippen LogP contribution in [0.2, 0.25) is 0 Å². The van der Waals surface area contributed by atoms with Crippen molar-refractivity contribution in [3.05, 3.63) is 72.7 Å². The predicted octanol–water partition coefficient (Wildman–Crippen LogP) is 3.34. The molecule has 0 radical (unpaired) electrons. The Hall–Kier alpha value is -4.17. The number of thiazole rings is 1. The third-order valence-electron chi connectivity index (χ3n) is 7.93. The molecule has 3 aliphatic rings. The molecule has 0 bridgehead atoms. The van der Waals surface area contributed by atoms with E-state index in [2.05, 4.69) is 0 Å². The summed E-state index contributed by atoms with van der Waals surface area (Å²) in [5.41, 5.74) is 0.584. The van der Waals surface area contributed by atoms with Gasteiger partial charge < -0.3 is 14.7 Å². The smallest absolute Gasteiger partial charge is 0.308 e. The minimum atomic E-state index is -0.921. The lowest BCUT2D eigenvalue weighted by Crippen LogP contribution is -2.39. The van der Waals surface area contributed by atoms with E-state index in [1.807, 2.05) is 0 Å². The first-order valence-corrected chi connectivity index (χ1v) is 15.1. The number of imide groups is 1. The van der Waals surface area contributed by atoms with Crippen LogP contribution in [-0.2, 0) is 20.9 Å². The van der Waals surface area contributed by atoms with E-state index in [0.29, 0.717) is 28.6 Å². The molecule has 3 aliphatic heterocycles. The Bertz CT molecular complexity index is 1660. The molecule has 1 N–H and O–H groups in total. The van der Waals surface area contributed by atoms with Crippen LogP contribution in [0.1, 0.15) is 35.6 Å². The van der Waals surface area contributed by atoms with E-state index in [1.54, 1.807) is 17.0 Å². The lowest BCUT2D eigenvalue weighted by atomic mass is 9.83. The Balaban J connectivity index is 1.44. The fourth-order valence-corrected chi connectivity index (χ4v) is 8.63. The van der Waals surface area contributed by atoms with Crippen molar-refractivity contribution in [2.75, 3.05) is 25.1 Å². The highest BCUT2D eigenvalue weighted by Crippen LogP contribution is 2.54. The zero-order valence-electron chi connectivity index (χ0n) is 22.4. The molecule has 0 aliphatic carbocycles. The molecule has 3 atom stereocenters. The molecule has 2 aromatic carbocycles. The van der Waals surface area contributed by atoms with E-state index >= 15 is 0 Å². The van der Waals surface area contributed by atoms with Crippen LogP contribution in [0.15, 0.2) is 52.3 Å². The third kappa shape index (κ3) is 4.64. The average Bonchev–Trinajstić information content (AvgIpc) is 3.44. The van der Waals surface area contributed by atoms with Crippen LogP contribution in [0.4, 0.5) is 11.4 Å². The summed E-state index contributed by atoms with van der Waals surface area (Å²) in [4.78, 5) is 67.9. The molecule has 14 heteroatoms. The van der Waals surface area contributed by atoms with Gasteiger partial charge in [-0.3, -0.25) is 33.9 Å². The van der Waals surface area contributed by atoms with Crippen molar-refractivity contribution in [2.45, 2.75) is 42.0 Å². The van der Waals surface area contributed by atoms with Crippen LogP contribution < -0.4 is 14.5 Å². The number of phenols is 1. The third-order valence-corrected chi connectivity index (χ3v) is 10.5. The van der Waals surface area contributed by atoms with E-state index < -0.39 is 33.8 Å². The minimum Gasteiger partial charge on any atom is -0.504 e. The van der Waals surface area contributed by atoms with Gasteiger partial charge >= 0.3 is 4.87 Å². The maximum Gasteiger partial charge on any atom is 0.308 e. The Labute approximate surface area is 247 Å². The highest BCUT2D eigenvalue weighted by molar-refractivity contribution is 8.00. The minimum absolute atomic E-state index is 0.109. The second-order valence-electron chi connectivity index (χ2n) is 10.3. The van der Waals surface area contributed by atoms with Gasteiger partial charge in [-0.05, 0) is 49.1 Å². The number of ether oxygens (including phenoxy) is 1. The maximum atomic E-state index is 14.0. The molecule has 2 saturated heterocycles. The average molecular weight is 611 g/mol. The summed E-state index contributed by atoms with van der Waals surface area (Å²) in [5.74, 6) is -2.80. The van der Waals surface area contributed by atoms with E-state index in [4.69, 9.17) is 4.74 Å². The lowest BCUT2D eigenvalue weighted by molar-refractivity contribution is -0.384. The van der Waals surface area contributed by atoms with Gasteiger partial charge in [-0.2, -0.15) is 0 Å². The molecule has 1 aromatic heterocycles. The number of amides is 3. The van der Waals surface area contributed by atoms with E-state index in [9.17, 15) is 34.4 Å². The SMILES string of the molecule is COc1cc([C@@H]2c3sc(=O)n(CC(=O)N4CCCCC4)c3SC3C(=O)N(c4ccc([N+](=O)[O-])cc4)C(=O)C32)ccc1O. The second kappa shape index (κ2) is 10.9. The number of nitrogens with zero attached hydrogens (tertiary/aromatic N) is 4. The summed E-state index contributed by atoms with van der Waals surface area (Å²) >= 11 is 2.03. The van der Waals surface area contributed by atoms with Gasteiger partial charge in [0.2, 0.25) is 17.7 Å². The van der Waals surface area contributed by atoms with Gasteiger partial charge in [0, 0.05) is 36.0 Å².